The number of carboxylic acids is 1. The Hall–Kier alpha value is -3.87. The van der Waals surface area contributed by atoms with Crippen LogP contribution in [0.25, 0.3) is 11.1 Å². The van der Waals surface area contributed by atoms with E-state index in [2.05, 4.69) is 10.6 Å². The van der Waals surface area contributed by atoms with E-state index >= 15 is 0 Å². The summed E-state index contributed by atoms with van der Waals surface area (Å²) in [5.41, 5.74) is 3.58. The Labute approximate surface area is 198 Å². The van der Waals surface area contributed by atoms with E-state index in [1.165, 1.54) is 12.1 Å². The third-order valence-corrected chi connectivity index (χ3v) is 5.22. The predicted molar refractivity (Wildman–Crippen MR) is 132 cm³/mol. The molecular formula is C27H29FN2O4. The second-order valence-electron chi connectivity index (χ2n) is 8.05. The average molecular weight is 465 g/mol. The van der Waals surface area contributed by atoms with Gasteiger partial charge in [-0.05, 0) is 78.9 Å². The summed E-state index contributed by atoms with van der Waals surface area (Å²) in [4.78, 5) is 24.6. The summed E-state index contributed by atoms with van der Waals surface area (Å²) in [5, 5.41) is 15.3. The number of aromatic carboxylic acids is 1. The number of benzene rings is 3. The number of anilines is 2. The summed E-state index contributed by atoms with van der Waals surface area (Å²) < 4.78 is 20.1. The zero-order valence-corrected chi connectivity index (χ0v) is 19.6. The fraction of sp³-hybridized carbons (Fsp3) is 0.259. The van der Waals surface area contributed by atoms with Crippen LogP contribution >= 0.6 is 0 Å². The number of amides is 2. The molecule has 0 unspecified atom stereocenters. The summed E-state index contributed by atoms with van der Waals surface area (Å²) >= 11 is 0. The average Bonchev–Trinajstić information content (AvgIpc) is 2.79. The summed E-state index contributed by atoms with van der Waals surface area (Å²) in [6.45, 7) is 6.40. The van der Waals surface area contributed by atoms with Crippen LogP contribution in [0.4, 0.5) is 20.6 Å². The van der Waals surface area contributed by atoms with E-state index in [9.17, 15) is 19.1 Å². The zero-order valence-electron chi connectivity index (χ0n) is 19.6. The molecule has 3 rings (SSSR count). The standard InChI is InChI=1S/C27H29FN2O4/c1-4-6-18-14-19(23-16-20(28)9-12-22(23)26(31)32)15-24(25(18)34-13-5-2)30-27(33)29-21-10-7-17(3)8-11-21/h7-12,14-16H,4-6,13H2,1-3H3,(H,31,32)(H2,29,30,33). The Kier molecular flexibility index (Phi) is 8.24. The van der Waals surface area contributed by atoms with Gasteiger partial charge in [-0.2, -0.15) is 0 Å². The zero-order chi connectivity index (χ0) is 24.7. The summed E-state index contributed by atoms with van der Waals surface area (Å²) in [7, 11) is 0. The molecule has 0 atom stereocenters. The maximum absolute atomic E-state index is 14.1. The Bertz CT molecular complexity index is 1180. The summed E-state index contributed by atoms with van der Waals surface area (Å²) in [6.07, 6.45) is 2.21. The maximum Gasteiger partial charge on any atom is 0.336 e. The first-order chi connectivity index (χ1) is 16.3. The van der Waals surface area contributed by atoms with Crippen LogP contribution in [0.2, 0.25) is 0 Å². The molecular weight excluding hydrogens is 435 g/mol. The predicted octanol–water partition coefficient (Wildman–Crippen LogP) is 6.88. The molecule has 0 aliphatic carbocycles. The lowest BCUT2D eigenvalue weighted by Crippen LogP contribution is -2.20. The van der Waals surface area contributed by atoms with Crippen molar-refractivity contribution >= 4 is 23.4 Å². The molecule has 2 amide bonds. The number of hydrogen-bond acceptors (Lipinski definition) is 3. The van der Waals surface area contributed by atoms with Gasteiger partial charge in [-0.1, -0.05) is 38.0 Å². The van der Waals surface area contributed by atoms with Crippen molar-refractivity contribution in [2.45, 2.75) is 40.0 Å². The number of halogens is 1. The monoisotopic (exact) mass is 464 g/mol. The molecule has 0 radical (unpaired) electrons. The Morgan fingerprint density at radius 1 is 0.971 bits per heavy atom. The molecule has 0 aliphatic rings. The second kappa shape index (κ2) is 11.3. The number of nitrogens with one attached hydrogen (secondary N) is 2. The van der Waals surface area contributed by atoms with Crippen molar-refractivity contribution in [3.63, 3.8) is 0 Å². The quantitative estimate of drug-likeness (QED) is 0.322. The van der Waals surface area contributed by atoms with Crippen LogP contribution in [0.3, 0.4) is 0 Å². The third kappa shape index (κ3) is 6.13. The number of carbonyl (C=O) groups is 2. The molecule has 3 aromatic rings. The smallest absolute Gasteiger partial charge is 0.336 e. The van der Waals surface area contributed by atoms with Crippen LogP contribution in [0, 0.1) is 12.7 Å². The van der Waals surface area contributed by atoms with Gasteiger partial charge in [-0.15, -0.1) is 0 Å². The molecule has 0 saturated heterocycles. The second-order valence-corrected chi connectivity index (χ2v) is 8.05. The van der Waals surface area contributed by atoms with Crippen molar-refractivity contribution in [1.29, 1.82) is 0 Å². The fourth-order valence-electron chi connectivity index (χ4n) is 3.63. The van der Waals surface area contributed by atoms with E-state index < -0.39 is 17.8 Å². The number of carboxylic acid groups (broad SMARTS) is 1. The minimum Gasteiger partial charge on any atom is -0.491 e. The lowest BCUT2D eigenvalue weighted by Gasteiger charge is -2.19. The molecule has 0 heterocycles. The SMILES string of the molecule is CCCOc1c(CCC)cc(-c2cc(F)ccc2C(=O)O)cc1NC(=O)Nc1ccc(C)cc1. The lowest BCUT2D eigenvalue weighted by atomic mass is 9.95. The number of rotatable bonds is 9. The van der Waals surface area contributed by atoms with E-state index in [1.54, 1.807) is 24.3 Å². The number of hydrogen-bond donors (Lipinski definition) is 3. The van der Waals surface area contributed by atoms with Gasteiger partial charge in [0.1, 0.15) is 11.6 Å². The van der Waals surface area contributed by atoms with Crippen LogP contribution in [0.15, 0.2) is 54.6 Å². The first-order valence-corrected chi connectivity index (χ1v) is 11.3. The largest absolute Gasteiger partial charge is 0.491 e. The van der Waals surface area contributed by atoms with Gasteiger partial charge in [0.25, 0.3) is 0 Å². The van der Waals surface area contributed by atoms with Crippen molar-refractivity contribution in [2.24, 2.45) is 0 Å². The molecule has 0 aromatic heterocycles. The van der Waals surface area contributed by atoms with Crippen LogP contribution in [0.5, 0.6) is 5.75 Å². The lowest BCUT2D eigenvalue weighted by molar-refractivity contribution is 0.0697. The minimum absolute atomic E-state index is 0.0267. The van der Waals surface area contributed by atoms with E-state index in [0.29, 0.717) is 35.7 Å². The third-order valence-electron chi connectivity index (χ3n) is 5.22. The molecule has 0 bridgehead atoms. The minimum atomic E-state index is -1.16. The van der Waals surface area contributed by atoms with Gasteiger partial charge in [0.15, 0.2) is 0 Å². The Balaban J connectivity index is 2.07. The molecule has 178 valence electrons. The topological polar surface area (TPSA) is 87.7 Å². The molecule has 7 heteroatoms. The van der Waals surface area contributed by atoms with Crippen molar-refractivity contribution in [3.8, 4) is 16.9 Å². The highest BCUT2D eigenvalue weighted by molar-refractivity contribution is 6.02. The van der Waals surface area contributed by atoms with Gasteiger partial charge in [0.05, 0.1) is 17.9 Å². The van der Waals surface area contributed by atoms with Crippen molar-refractivity contribution in [1.82, 2.24) is 0 Å². The molecule has 0 spiro atoms. The van der Waals surface area contributed by atoms with E-state index in [-0.39, 0.29) is 11.1 Å². The molecule has 34 heavy (non-hydrogen) atoms. The highest BCUT2D eigenvalue weighted by Gasteiger charge is 2.19. The van der Waals surface area contributed by atoms with Crippen molar-refractivity contribution in [3.05, 3.63) is 77.1 Å². The van der Waals surface area contributed by atoms with Crippen LogP contribution < -0.4 is 15.4 Å². The number of urea groups is 1. The van der Waals surface area contributed by atoms with Crippen LogP contribution in [0.1, 0.15) is 48.2 Å². The summed E-state index contributed by atoms with van der Waals surface area (Å²) in [6, 6.07) is 13.9. The first-order valence-electron chi connectivity index (χ1n) is 11.3. The maximum atomic E-state index is 14.1. The van der Waals surface area contributed by atoms with E-state index in [4.69, 9.17) is 4.74 Å². The highest BCUT2D eigenvalue weighted by atomic mass is 19.1. The van der Waals surface area contributed by atoms with Gasteiger partial charge in [0, 0.05) is 5.69 Å². The molecule has 3 N–H and O–H groups in total. The normalized spacial score (nSPS) is 10.6. The molecule has 0 aliphatic heterocycles. The first kappa shape index (κ1) is 24.8. The Morgan fingerprint density at radius 2 is 1.71 bits per heavy atom. The van der Waals surface area contributed by atoms with Crippen molar-refractivity contribution in [2.75, 3.05) is 17.2 Å². The van der Waals surface area contributed by atoms with Crippen molar-refractivity contribution < 1.29 is 23.8 Å². The van der Waals surface area contributed by atoms with Gasteiger partial charge in [-0.3, -0.25) is 0 Å². The molecule has 0 fully saturated rings. The number of ether oxygens (including phenoxy) is 1. The molecule has 0 saturated carbocycles. The number of carbonyl (C=O) groups excluding carboxylic acids is 1. The molecule has 3 aromatic carbocycles. The highest BCUT2D eigenvalue weighted by Crippen LogP contribution is 2.37. The van der Waals surface area contributed by atoms with Gasteiger partial charge >= 0.3 is 12.0 Å². The fourth-order valence-corrected chi connectivity index (χ4v) is 3.63. The number of aryl methyl sites for hydroxylation is 2. The van der Waals surface area contributed by atoms with E-state index in [1.807, 2.05) is 32.9 Å². The van der Waals surface area contributed by atoms with Gasteiger partial charge in [-0.25, -0.2) is 14.0 Å². The molecule has 6 nitrogen and oxygen atoms in total. The Morgan fingerprint density at radius 3 is 2.35 bits per heavy atom. The van der Waals surface area contributed by atoms with E-state index in [0.717, 1.165) is 30.0 Å². The van der Waals surface area contributed by atoms with Crippen LogP contribution in [-0.4, -0.2) is 23.7 Å². The van der Waals surface area contributed by atoms with Gasteiger partial charge < -0.3 is 20.5 Å². The van der Waals surface area contributed by atoms with Crippen LogP contribution in [-0.2, 0) is 6.42 Å². The van der Waals surface area contributed by atoms with Gasteiger partial charge in [0.2, 0.25) is 0 Å². The summed E-state index contributed by atoms with van der Waals surface area (Å²) in [5.74, 6) is -1.18.